The van der Waals surface area contributed by atoms with Crippen molar-refractivity contribution in [2.24, 2.45) is 0 Å². The van der Waals surface area contributed by atoms with Crippen LogP contribution in [0.4, 0.5) is 0 Å². The van der Waals surface area contributed by atoms with Crippen LogP contribution < -0.4 is 0 Å². The van der Waals surface area contributed by atoms with Gasteiger partial charge in [0.05, 0.1) is 14.4 Å². The molecule has 0 bridgehead atoms. The van der Waals surface area contributed by atoms with Gasteiger partial charge in [-0.2, -0.15) is 0 Å². The molecule has 0 spiro atoms. The molecule has 78 valence electrons. The largest absolute Gasteiger partial charge is 0.466 e. The van der Waals surface area contributed by atoms with Crippen molar-refractivity contribution >= 4 is 11.8 Å². The minimum absolute atomic E-state index is 0.0459. The number of aliphatic hydroxyl groups is 1. The Morgan fingerprint density at radius 2 is 2.08 bits per heavy atom. The molecule has 0 aliphatic rings. The van der Waals surface area contributed by atoms with Crippen LogP contribution in [-0.2, 0) is 14.3 Å². The monoisotopic (exact) mass is 193 g/mol. The summed E-state index contributed by atoms with van der Waals surface area (Å²) < 4.78 is 17.1. The Balaban J connectivity index is 0. The predicted molar refractivity (Wildman–Crippen MR) is 49.3 cm³/mol. The van der Waals surface area contributed by atoms with Gasteiger partial charge in [0.2, 0.25) is 1.43 Å². The molecule has 0 aliphatic carbocycles. The average molecular weight is 193 g/mol. The van der Waals surface area contributed by atoms with Gasteiger partial charge in [-0.3, -0.25) is 9.59 Å². The van der Waals surface area contributed by atoms with Crippen molar-refractivity contribution in [2.75, 3.05) is 13.7 Å². The molecule has 0 aromatic heterocycles. The highest BCUT2D eigenvalue weighted by molar-refractivity contribution is 5.82. The smallest absolute Gasteiger partial charge is 0.306 e. The third kappa shape index (κ3) is 11.1. The first-order valence-corrected chi connectivity index (χ1v) is 4.10. The summed E-state index contributed by atoms with van der Waals surface area (Å²) in [5.74, 6) is -0.427. The highest BCUT2D eigenvalue weighted by Gasteiger charge is 2.04. The Kier molecular flexibility index (Phi) is 8.69. The van der Waals surface area contributed by atoms with Gasteiger partial charge in [-0.05, 0) is 6.92 Å². The zero-order valence-electron chi connectivity index (χ0n) is 10.3. The van der Waals surface area contributed by atoms with Crippen LogP contribution in [0.2, 0.25) is 0 Å². The van der Waals surface area contributed by atoms with E-state index in [1.807, 2.05) is 0 Å². The van der Waals surface area contributed by atoms with E-state index in [1.54, 1.807) is 6.92 Å². The topological polar surface area (TPSA) is 63.6 Å². The maximum atomic E-state index is 10.8. The molecule has 0 saturated heterocycles. The number of rotatable bonds is 5. The third-order valence-electron chi connectivity index (χ3n) is 1.25. The Hall–Kier alpha value is -0.900. The van der Waals surface area contributed by atoms with Gasteiger partial charge in [-0.15, -0.1) is 0 Å². The van der Waals surface area contributed by atoms with Gasteiger partial charge in [-0.25, -0.2) is 0 Å². The second-order valence-corrected chi connectivity index (χ2v) is 2.12. The van der Waals surface area contributed by atoms with Crippen molar-refractivity contribution in [3.63, 3.8) is 0 Å². The van der Waals surface area contributed by atoms with Gasteiger partial charge in [0.15, 0.2) is 0 Å². The summed E-state index contributed by atoms with van der Waals surface area (Å²) in [4.78, 5) is 21.5. The lowest BCUT2D eigenvalue weighted by Crippen LogP contribution is -2.06. The number of Topliss-reactive ketones (excluding diaryl/α,β-unsaturated/α-hetero) is 1. The lowest BCUT2D eigenvalue weighted by molar-refractivity contribution is -0.144. The van der Waals surface area contributed by atoms with Gasteiger partial charge in [0.1, 0.15) is 5.78 Å². The normalized spacial score (nSPS) is 12.8. The van der Waals surface area contributed by atoms with Crippen molar-refractivity contribution in [3.8, 4) is 0 Å². The van der Waals surface area contributed by atoms with Crippen molar-refractivity contribution in [1.82, 2.24) is 0 Å². The SMILES string of the molecule is [2H]C(C)OC(=O)CCC(=O)CC.[3H]OC. The van der Waals surface area contributed by atoms with Crippen molar-refractivity contribution in [2.45, 2.75) is 33.1 Å². The highest BCUT2D eigenvalue weighted by Crippen LogP contribution is 1.96. The first kappa shape index (κ1) is 10.2. The fraction of sp³-hybridized carbons (Fsp3) is 0.778. The highest BCUT2D eigenvalue weighted by atomic mass is 16.5. The Bertz CT molecular complexity index is 183. The number of hydrogen-bond donors (Lipinski definition) is 1. The standard InChI is InChI=1S/C8H14O3.CH4O/c1-3-7(9)5-6-8(10)11-4-2;1-2/h3-6H2,1-2H3;2H,1H3/i4D;2T. The Labute approximate surface area is 81.8 Å². The van der Waals surface area contributed by atoms with E-state index < -0.39 is 12.6 Å². The van der Waals surface area contributed by atoms with Crippen LogP contribution >= 0.6 is 0 Å². The fourth-order valence-electron chi connectivity index (χ4n) is 0.609. The van der Waals surface area contributed by atoms with Crippen LogP contribution in [0.25, 0.3) is 0 Å². The Morgan fingerprint density at radius 1 is 1.54 bits per heavy atom. The maximum Gasteiger partial charge on any atom is 0.306 e. The molecule has 1 unspecified atom stereocenters. The van der Waals surface area contributed by atoms with E-state index in [2.05, 4.69) is 9.85 Å². The number of esters is 1. The van der Waals surface area contributed by atoms with Crippen molar-refractivity contribution in [1.29, 1.82) is 1.43 Å². The molecule has 4 nitrogen and oxygen atoms in total. The van der Waals surface area contributed by atoms with E-state index in [0.717, 1.165) is 0 Å². The summed E-state index contributed by atoms with van der Waals surface area (Å²) in [7, 11) is 1.29. The van der Waals surface area contributed by atoms with Crippen LogP contribution in [-0.4, -0.2) is 32.0 Å². The predicted octanol–water partition coefficient (Wildman–Crippen LogP) is 0.917. The van der Waals surface area contributed by atoms with Crippen molar-refractivity contribution < 1.29 is 20.8 Å². The molecule has 1 atom stereocenters. The van der Waals surface area contributed by atoms with Gasteiger partial charge in [-0.1, -0.05) is 6.92 Å². The van der Waals surface area contributed by atoms with E-state index in [0.29, 0.717) is 6.42 Å². The summed E-state index contributed by atoms with van der Waals surface area (Å²) in [6.07, 6.45) is 0.766. The summed E-state index contributed by atoms with van der Waals surface area (Å²) in [6.45, 7) is 2.37. The lowest BCUT2D eigenvalue weighted by atomic mass is 10.2. The molecule has 0 aromatic rings. The minimum Gasteiger partial charge on any atom is -0.466 e. The second kappa shape index (κ2) is 11.1. The number of aliphatic hydroxyl groups excluding tert-OH is 1. The molecule has 0 amide bonds. The molecule has 0 heterocycles. The first-order valence-electron chi connectivity index (χ1n) is 5.09. The Morgan fingerprint density at radius 3 is 2.46 bits per heavy atom. The number of carbonyl (C=O) groups is 2. The van der Waals surface area contributed by atoms with Crippen LogP contribution in [0.5, 0.6) is 0 Å². The third-order valence-corrected chi connectivity index (χ3v) is 1.25. The van der Waals surface area contributed by atoms with Gasteiger partial charge in [0.25, 0.3) is 0 Å². The van der Waals surface area contributed by atoms with Gasteiger partial charge < -0.3 is 9.85 Å². The molecule has 0 fully saturated rings. The molecular formula is C9H18O4. The van der Waals surface area contributed by atoms with Crippen LogP contribution in [0, 0.1) is 0 Å². The van der Waals surface area contributed by atoms with E-state index in [4.69, 9.17) is 2.80 Å². The molecule has 0 saturated carbocycles. The number of ether oxygens (including phenoxy) is 1. The molecule has 0 rings (SSSR count). The maximum absolute atomic E-state index is 10.8. The molecule has 1 N–H and O–H groups in total. The lowest BCUT2D eigenvalue weighted by Gasteiger charge is -1.99. The summed E-state index contributed by atoms with van der Waals surface area (Å²) in [6, 6.07) is 0. The fourth-order valence-corrected chi connectivity index (χ4v) is 0.609. The summed E-state index contributed by atoms with van der Waals surface area (Å²) in [5, 5.41) is 3.50. The van der Waals surface area contributed by atoms with Crippen LogP contribution in [0.15, 0.2) is 0 Å². The first-order chi connectivity index (χ1) is 6.97. The van der Waals surface area contributed by atoms with E-state index in [-0.39, 0.29) is 18.6 Å². The molecule has 0 aliphatic heterocycles. The van der Waals surface area contributed by atoms with E-state index in [9.17, 15) is 9.59 Å². The summed E-state index contributed by atoms with van der Waals surface area (Å²) >= 11 is 0. The van der Waals surface area contributed by atoms with Crippen LogP contribution in [0.3, 0.4) is 0 Å². The minimum atomic E-state index is -0.839. The zero-order valence-corrected chi connectivity index (χ0v) is 8.33. The van der Waals surface area contributed by atoms with Gasteiger partial charge in [0, 0.05) is 20.0 Å². The van der Waals surface area contributed by atoms with Crippen molar-refractivity contribution in [3.05, 3.63) is 0 Å². The molecule has 0 radical (unpaired) electrons. The van der Waals surface area contributed by atoms with E-state index >= 15 is 0 Å². The molecule has 13 heavy (non-hydrogen) atoms. The van der Waals surface area contributed by atoms with Crippen LogP contribution in [0.1, 0.15) is 34.5 Å². The zero-order chi connectivity index (χ0) is 12.3. The molecule has 4 heteroatoms. The van der Waals surface area contributed by atoms with E-state index in [1.165, 1.54) is 14.0 Å². The average Bonchev–Trinajstić information content (AvgIpc) is 2.14. The number of carbonyl (C=O) groups excluding carboxylic acids is 2. The summed E-state index contributed by atoms with van der Waals surface area (Å²) in [5.41, 5.74) is 0. The second-order valence-electron chi connectivity index (χ2n) is 2.12. The molecule has 0 aromatic carbocycles. The van der Waals surface area contributed by atoms with Gasteiger partial charge >= 0.3 is 5.97 Å². The quantitative estimate of drug-likeness (QED) is 0.659. The number of hydrogen-bond acceptors (Lipinski definition) is 4. The molecular weight excluding hydrogens is 172 g/mol. The number of ketones is 1.